The number of aromatic nitrogens is 2. The molecular formula is C12H14ClN3. The first-order valence-corrected chi connectivity index (χ1v) is 5.56. The Labute approximate surface area is 99.8 Å². The zero-order valence-electron chi connectivity index (χ0n) is 9.10. The zero-order chi connectivity index (χ0) is 11.5. The van der Waals surface area contributed by atoms with Gasteiger partial charge in [0.15, 0.2) is 0 Å². The van der Waals surface area contributed by atoms with Crippen molar-refractivity contribution in [1.82, 2.24) is 9.78 Å². The molecule has 0 saturated heterocycles. The lowest BCUT2D eigenvalue weighted by molar-refractivity contribution is 0.684. The van der Waals surface area contributed by atoms with Crippen molar-refractivity contribution in [3.8, 4) is 0 Å². The normalized spacial score (nSPS) is 12.7. The summed E-state index contributed by atoms with van der Waals surface area (Å²) in [6.07, 6.45) is 3.75. The van der Waals surface area contributed by atoms with Crippen LogP contribution in [-0.2, 0) is 6.54 Å². The Hall–Kier alpha value is -1.32. The number of nitrogens with zero attached hydrogens (tertiary/aromatic N) is 2. The molecule has 84 valence electrons. The second-order valence-electron chi connectivity index (χ2n) is 3.85. The smallest absolute Gasteiger partial charge is 0.0674 e. The van der Waals surface area contributed by atoms with Crippen LogP contribution in [0.2, 0.25) is 5.02 Å². The molecule has 1 aromatic heterocycles. The predicted octanol–water partition coefficient (Wildman–Crippen LogP) is 2.60. The molecule has 0 aliphatic carbocycles. The van der Waals surface area contributed by atoms with E-state index in [0.29, 0.717) is 6.54 Å². The lowest BCUT2D eigenvalue weighted by Crippen LogP contribution is -2.04. The van der Waals surface area contributed by atoms with Crippen LogP contribution in [0.25, 0.3) is 0 Å². The van der Waals surface area contributed by atoms with Gasteiger partial charge >= 0.3 is 0 Å². The minimum Gasteiger partial charge on any atom is -0.324 e. The molecule has 0 saturated carbocycles. The maximum absolute atomic E-state index is 6.08. The molecular weight excluding hydrogens is 222 g/mol. The molecule has 1 heterocycles. The van der Waals surface area contributed by atoms with Gasteiger partial charge in [-0.2, -0.15) is 5.10 Å². The number of rotatable bonds is 3. The second-order valence-corrected chi connectivity index (χ2v) is 4.26. The summed E-state index contributed by atoms with van der Waals surface area (Å²) >= 11 is 6.08. The number of nitrogens with two attached hydrogens (primary N) is 1. The van der Waals surface area contributed by atoms with Gasteiger partial charge in [0.1, 0.15) is 0 Å². The van der Waals surface area contributed by atoms with Crippen LogP contribution in [-0.4, -0.2) is 9.78 Å². The van der Waals surface area contributed by atoms with Gasteiger partial charge in [-0.25, -0.2) is 0 Å². The van der Waals surface area contributed by atoms with Crippen molar-refractivity contribution in [3.05, 3.63) is 52.8 Å². The summed E-state index contributed by atoms with van der Waals surface area (Å²) in [6, 6.07) is 7.78. The predicted molar refractivity (Wildman–Crippen MR) is 65.4 cm³/mol. The molecule has 0 amide bonds. The fourth-order valence-electron chi connectivity index (χ4n) is 1.50. The van der Waals surface area contributed by atoms with Gasteiger partial charge in [-0.3, -0.25) is 4.68 Å². The third kappa shape index (κ3) is 2.43. The lowest BCUT2D eigenvalue weighted by atomic mass is 10.2. The molecule has 3 nitrogen and oxygen atoms in total. The highest BCUT2D eigenvalue weighted by molar-refractivity contribution is 6.31. The molecule has 2 N–H and O–H groups in total. The van der Waals surface area contributed by atoms with Crippen molar-refractivity contribution >= 4 is 11.6 Å². The largest absolute Gasteiger partial charge is 0.324 e. The molecule has 2 rings (SSSR count). The van der Waals surface area contributed by atoms with Gasteiger partial charge in [0.25, 0.3) is 0 Å². The monoisotopic (exact) mass is 235 g/mol. The van der Waals surface area contributed by atoms with E-state index < -0.39 is 0 Å². The molecule has 0 aliphatic heterocycles. The van der Waals surface area contributed by atoms with E-state index in [9.17, 15) is 0 Å². The zero-order valence-corrected chi connectivity index (χ0v) is 9.85. The third-order valence-corrected chi connectivity index (χ3v) is 2.84. The Kier molecular flexibility index (Phi) is 3.27. The van der Waals surface area contributed by atoms with E-state index in [1.165, 1.54) is 0 Å². The highest BCUT2D eigenvalue weighted by atomic mass is 35.5. The fraction of sp³-hybridized carbons (Fsp3) is 0.250. The Morgan fingerprint density at radius 2 is 2.19 bits per heavy atom. The van der Waals surface area contributed by atoms with E-state index >= 15 is 0 Å². The summed E-state index contributed by atoms with van der Waals surface area (Å²) in [5, 5.41) is 5.02. The van der Waals surface area contributed by atoms with Gasteiger partial charge in [0, 0.05) is 22.8 Å². The van der Waals surface area contributed by atoms with Crippen molar-refractivity contribution in [2.75, 3.05) is 0 Å². The van der Waals surface area contributed by atoms with Gasteiger partial charge in [-0.05, 0) is 18.6 Å². The van der Waals surface area contributed by atoms with E-state index in [1.54, 1.807) is 6.20 Å². The Morgan fingerprint density at radius 1 is 1.44 bits per heavy atom. The van der Waals surface area contributed by atoms with Crippen LogP contribution in [0.5, 0.6) is 0 Å². The fourth-order valence-corrected chi connectivity index (χ4v) is 1.70. The van der Waals surface area contributed by atoms with Gasteiger partial charge in [-0.15, -0.1) is 0 Å². The van der Waals surface area contributed by atoms with Crippen molar-refractivity contribution in [3.63, 3.8) is 0 Å². The van der Waals surface area contributed by atoms with Crippen molar-refractivity contribution in [2.24, 2.45) is 5.73 Å². The second kappa shape index (κ2) is 4.68. The molecule has 0 aliphatic rings. The molecule has 0 spiro atoms. The van der Waals surface area contributed by atoms with Crippen LogP contribution < -0.4 is 5.73 Å². The maximum Gasteiger partial charge on any atom is 0.0674 e. The first kappa shape index (κ1) is 11.2. The average molecular weight is 236 g/mol. The Morgan fingerprint density at radius 3 is 2.81 bits per heavy atom. The molecule has 2 aromatic rings. The van der Waals surface area contributed by atoms with Crippen LogP contribution in [0.4, 0.5) is 0 Å². The number of hydrogen-bond donors (Lipinski definition) is 1. The highest BCUT2D eigenvalue weighted by Gasteiger charge is 2.04. The summed E-state index contributed by atoms with van der Waals surface area (Å²) in [7, 11) is 0. The Bertz CT molecular complexity index is 477. The minimum atomic E-state index is 0.0139. The standard InChI is InChI=1S/C12H14ClN3/c1-9(14)11-6-15-16(8-11)7-10-4-2-3-5-12(10)13/h2-6,8-9H,7,14H2,1H3. The quantitative estimate of drug-likeness (QED) is 0.889. The van der Waals surface area contributed by atoms with E-state index in [0.717, 1.165) is 16.1 Å². The van der Waals surface area contributed by atoms with Gasteiger partial charge in [-0.1, -0.05) is 29.8 Å². The van der Waals surface area contributed by atoms with Crippen molar-refractivity contribution in [2.45, 2.75) is 19.5 Å². The lowest BCUT2D eigenvalue weighted by Gasteiger charge is -2.04. The summed E-state index contributed by atoms with van der Waals surface area (Å²) in [5.74, 6) is 0. The first-order chi connectivity index (χ1) is 7.66. The molecule has 0 bridgehead atoms. The third-order valence-electron chi connectivity index (χ3n) is 2.47. The van der Waals surface area contributed by atoms with E-state index in [1.807, 2.05) is 42.1 Å². The van der Waals surface area contributed by atoms with Gasteiger partial charge in [0.05, 0.1) is 12.7 Å². The van der Waals surface area contributed by atoms with E-state index in [4.69, 9.17) is 17.3 Å². The molecule has 16 heavy (non-hydrogen) atoms. The van der Waals surface area contributed by atoms with Crippen LogP contribution in [0.15, 0.2) is 36.7 Å². The Balaban J connectivity index is 2.18. The molecule has 0 fully saturated rings. The summed E-state index contributed by atoms with van der Waals surface area (Å²) < 4.78 is 1.85. The summed E-state index contributed by atoms with van der Waals surface area (Å²) in [5.41, 5.74) is 7.86. The van der Waals surface area contributed by atoms with Crippen LogP contribution in [0.1, 0.15) is 24.1 Å². The van der Waals surface area contributed by atoms with Gasteiger partial charge in [0.2, 0.25) is 0 Å². The first-order valence-electron chi connectivity index (χ1n) is 5.18. The topological polar surface area (TPSA) is 43.8 Å². The van der Waals surface area contributed by atoms with E-state index in [-0.39, 0.29) is 6.04 Å². The summed E-state index contributed by atoms with van der Waals surface area (Å²) in [6.45, 7) is 2.61. The average Bonchev–Trinajstić information content (AvgIpc) is 2.70. The SMILES string of the molecule is CC(N)c1cnn(Cc2ccccc2Cl)c1. The van der Waals surface area contributed by atoms with E-state index in [2.05, 4.69) is 5.10 Å². The maximum atomic E-state index is 6.08. The van der Waals surface area contributed by atoms with Crippen LogP contribution in [0.3, 0.4) is 0 Å². The summed E-state index contributed by atoms with van der Waals surface area (Å²) in [4.78, 5) is 0. The van der Waals surface area contributed by atoms with Crippen molar-refractivity contribution < 1.29 is 0 Å². The van der Waals surface area contributed by atoms with Crippen LogP contribution in [0, 0.1) is 0 Å². The molecule has 1 atom stereocenters. The molecule has 1 aromatic carbocycles. The number of benzene rings is 1. The minimum absolute atomic E-state index is 0.0139. The van der Waals surface area contributed by atoms with Gasteiger partial charge < -0.3 is 5.73 Å². The van der Waals surface area contributed by atoms with Crippen LogP contribution >= 0.6 is 11.6 Å². The number of hydrogen-bond acceptors (Lipinski definition) is 2. The van der Waals surface area contributed by atoms with Crippen molar-refractivity contribution in [1.29, 1.82) is 0 Å². The molecule has 4 heteroatoms. The molecule has 0 radical (unpaired) electrons. The highest BCUT2D eigenvalue weighted by Crippen LogP contribution is 2.16. The number of halogens is 1. The molecule has 1 unspecified atom stereocenters.